The smallest absolute Gasteiger partial charge is 0.240 e. The molecule has 1 atom stereocenters. The lowest BCUT2D eigenvalue weighted by atomic mass is 10.1. The normalized spacial score (nSPS) is 12.6. The summed E-state index contributed by atoms with van der Waals surface area (Å²) in [5.41, 5.74) is 3.19. The third-order valence-electron chi connectivity index (χ3n) is 4.40. The third kappa shape index (κ3) is 3.91. The first-order chi connectivity index (χ1) is 12.1. The number of para-hydroxylation sites is 2. The molecule has 0 saturated heterocycles. The van der Waals surface area contributed by atoms with E-state index in [1.807, 2.05) is 42.9 Å². The van der Waals surface area contributed by atoms with Crippen LogP contribution in [0.25, 0.3) is 11.0 Å². The number of imidazole rings is 1. The largest absolute Gasteiger partial charge is 0.353 e. The van der Waals surface area contributed by atoms with E-state index in [-0.39, 0.29) is 11.9 Å². The molecular weight excluding hydrogens is 332 g/mol. The van der Waals surface area contributed by atoms with Gasteiger partial charge in [0, 0.05) is 13.0 Å². The second kappa shape index (κ2) is 7.80. The number of likely N-dealkylation sites (N-methyl/N-ethyl adjacent to an activating group) is 1. The molecule has 0 aliphatic carbocycles. The zero-order valence-electron chi connectivity index (χ0n) is 14.9. The topological polar surface area (TPSA) is 50.2 Å². The van der Waals surface area contributed by atoms with Crippen molar-refractivity contribution in [1.29, 1.82) is 0 Å². The number of hydrogen-bond donors (Lipinski definition) is 1. The highest BCUT2D eigenvalue weighted by Gasteiger charge is 2.17. The van der Waals surface area contributed by atoms with Crippen molar-refractivity contribution in [3.63, 3.8) is 0 Å². The highest BCUT2D eigenvalue weighted by molar-refractivity contribution is 7.07. The number of benzene rings is 1. The molecule has 3 rings (SSSR count). The Morgan fingerprint density at radius 3 is 2.80 bits per heavy atom. The summed E-state index contributed by atoms with van der Waals surface area (Å²) >= 11 is 1.68. The van der Waals surface area contributed by atoms with Gasteiger partial charge in [-0.2, -0.15) is 11.3 Å². The van der Waals surface area contributed by atoms with Gasteiger partial charge < -0.3 is 14.8 Å². The number of rotatable bonds is 7. The van der Waals surface area contributed by atoms with E-state index < -0.39 is 0 Å². The number of hydrogen-bond acceptors (Lipinski definition) is 4. The van der Waals surface area contributed by atoms with Gasteiger partial charge in [-0.3, -0.25) is 4.79 Å². The number of carbonyl (C=O) groups is 1. The van der Waals surface area contributed by atoms with E-state index in [4.69, 9.17) is 0 Å². The highest BCUT2D eigenvalue weighted by atomic mass is 32.1. The molecule has 132 valence electrons. The molecule has 0 spiro atoms. The maximum Gasteiger partial charge on any atom is 0.240 e. The summed E-state index contributed by atoms with van der Waals surface area (Å²) in [6.45, 7) is 2.96. The Hall–Kier alpha value is -2.18. The second-order valence-corrected chi connectivity index (χ2v) is 7.08. The molecule has 0 aliphatic rings. The van der Waals surface area contributed by atoms with Crippen molar-refractivity contribution in [3.05, 3.63) is 52.5 Å². The Bertz CT molecular complexity index is 838. The Morgan fingerprint density at radius 1 is 1.32 bits per heavy atom. The molecule has 0 radical (unpaired) electrons. The van der Waals surface area contributed by atoms with Gasteiger partial charge in [-0.05, 0) is 48.6 Å². The van der Waals surface area contributed by atoms with E-state index >= 15 is 0 Å². The lowest BCUT2D eigenvalue weighted by Gasteiger charge is -2.24. The first-order valence-corrected chi connectivity index (χ1v) is 9.43. The van der Waals surface area contributed by atoms with Gasteiger partial charge in [-0.25, -0.2) is 4.98 Å². The Morgan fingerprint density at radius 2 is 2.12 bits per heavy atom. The summed E-state index contributed by atoms with van der Waals surface area (Å²) in [5.74, 6) is 0.957. The summed E-state index contributed by atoms with van der Waals surface area (Å²) in [5, 5.41) is 7.28. The maximum atomic E-state index is 12.5. The van der Waals surface area contributed by atoms with Crippen LogP contribution >= 0.6 is 11.3 Å². The van der Waals surface area contributed by atoms with E-state index in [1.165, 1.54) is 5.56 Å². The van der Waals surface area contributed by atoms with Gasteiger partial charge in [0.1, 0.15) is 12.4 Å². The van der Waals surface area contributed by atoms with Gasteiger partial charge in [0.25, 0.3) is 0 Å². The van der Waals surface area contributed by atoms with Gasteiger partial charge in [-0.1, -0.05) is 19.1 Å². The first-order valence-electron chi connectivity index (χ1n) is 8.49. The van der Waals surface area contributed by atoms with E-state index in [0.29, 0.717) is 13.1 Å². The fourth-order valence-corrected chi connectivity index (χ4v) is 3.75. The van der Waals surface area contributed by atoms with Crippen molar-refractivity contribution in [2.24, 2.45) is 0 Å². The predicted octanol–water partition coefficient (Wildman–Crippen LogP) is 3.08. The van der Waals surface area contributed by atoms with Crippen molar-refractivity contribution >= 4 is 28.3 Å². The van der Waals surface area contributed by atoms with Crippen molar-refractivity contribution in [1.82, 2.24) is 19.8 Å². The molecule has 1 amide bonds. The summed E-state index contributed by atoms with van der Waals surface area (Å²) < 4.78 is 2.01. The van der Waals surface area contributed by atoms with Crippen LogP contribution in [0.1, 0.15) is 24.4 Å². The fourth-order valence-electron chi connectivity index (χ4n) is 3.04. The average molecular weight is 356 g/mol. The summed E-state index contributed by atoms with van der Waals surface area (Å²) in [7, 11) is 4.07. The fraction of sp³-hybridized carbons (Fsp3) is 0.368. The van der Waals surface area contributed by atoms with Crippen LogP contribution in [0.2, 0.25) is 0 Å². The van der Waals surface area contributed by atoms with Crippen LogP contribution in [0.5, 0.6) is 0 Å². The van der Waals surface area contributed by atoms with Crippen molar-refractivity contribution < 1.29 is 4.79 Å². The molecule has 6 heteroatoms. The molecule has 1 N–H and O–H groups in total. The lowest BCUT2D eigenvalue weighted by molar-refractivity contribution is -0.121. The molecule has 1 aromatic carbocycles. The van der Waals surface area contributed by atoms with Gasteiger partial charge >= 0.3 is 0 Å². The van der Waals surface area contributed by atoms with Gasteiger partial charge in [0.2, 0.25) is 5.91 Å². The van der Waals surface area contributed by atoms with Crippen LogP contribution in [0.15, 0.2) is 41.1 Å². The highest BCUT2D eigenvalue weighted by Crippen LogP contribution is 2.20. The molecular formula is C19H24N4OS. The SMILES string of the molecule is CCc1nc2ccccc2n1CC(=O)NCC(c1ccsc1)N(C)C. The van der Waals surface area contributed by atoms with Crippen LogP contribution in [0, 0.1) is 0 Å². The van der Waals surface area contributed by atoms with Crippen LogP contribution in [-0.4, -0.2) is 41.0 Å². The molecule has 0 aliphatic heterocycles. The Kier molecular flexibility index (Phi) is 5.50. The second-order valence-electron chi connectivity index (χ2n) is 6.30. The molecule has 3 aromatic rings. The zero-order chi connectivity index (χ0) is 17.8. The van der Waals surface area contributed by atoms with E-state index in [2.05, 4.69) is 39.0 Å². The van der Waals surface area contributed by atoms with Crippen LogP contribution < -0.4 is 5.32 Å². The minimum absolute atomic E-state index is 0.0138. The predicted molar refractivity (Wildman–Crippen MR) is 103 cm³/mol. The van der Waals surface area contributed by atoms with Crippen molar-refractivity contribution in [2.45, 2.75) is 25.9 Å². The zero-order valence-corrected chi connectivity index (χ0v) is 15.7. The number of aryl methyl sites for hydroxylation is 1. The van der Waals surface area contributed by atoms with E-state index in [0.717, 1.165) is 23.3 Å². The van der Waals surface area contributed by atoms with Crippen LogP contribution in [0.3, 0.4) is 0 Å². The van der Waals surface area contributed by atoms with Crippen LogP contribution in [-0.2, 0) is 17.8 Å². The Balaban J connectivity index is 1.70. The van der Waals surface area contributed by atoms with E-state index in [1.54, 1.807) is 11.3 Å². The number of aromatic nitrogens is 2. The number of nitrogens with one attached hydrogen (secondary N) is 1. The molecule has 1 unspecified atom stereocenters. The first kappa shape index (κ1) is 17.6. The molecule has 0 saturated carbocycles. The number of fused-ring (bicyclic) bond motifs is 1. The minimum atomic E-state index is 0.0138. The molecule has 0 fully saturated rings. The monoisotopic (exact) mass is 356 g/mol. The number of nitrogens with zero attached hydrogens (tertiary/aromatic N) is 3. The Labute approximate surface area is 152 Å². The molecule has 2 aromatic heterocycles. The summed E-state index contributed by atoms with van der Waals surface area (Å²) in [4.78, 5) is 19.3. The van der Waals surface area contributed by atoms with Crippen molar-refractivity contribution in [3.8, 4) is 0 Å². The third-order valence-corrected chi connectivity index (χ3v) is 5.10. The molecule has 25 heavy (non-hydrogen) atoms. The molecule has 5 nitrogen and oxygen atoms in total. The van der Waals surface area contributed by atoms with Crippen molar-refractivity contribution in [2.75, 3.05) is 20.6 Å². The average Bonchev–Trinajstić information content (AvgIpc) is 3.23. The number of amides is 1. The number of thiophene rings is 1. The summed E-state index contributed by atoms with van der Waals surface area (Å²) in [6.07, 6.45) is 0.803. The molecule has 0 bridgehead atoms. The quantitative estimate of drug-likeness (QED) is 0.708. The summed E-state index contributed by atoms with van der Waals surface area (Å²) in [6, 6.07) is 10.3. The van der Waals surface area contributed by atoms with Gasteiger partial charge in [-0.15, -0.1) is 0 Å². The molecule has 2 heterocycles. The van der Waals surface area contributed by atoms with Crippen LogP contribution in [0.4, 0.5) is 0 Å². The standard InChI is InChI=1S/C19H24N4OS/c1-4-18-21-15-7-5-6-8-16(15)23(18)12-19(24)20-11-17(22(2)3)14-9-10-25-13-14/h5-10,13,17H,4,11-12H2,1-3H3,(H,20,24). The van der Waals surface area contributed by atoms with Gasteiger partial charge in [0.15, 0.2) is 0 Å². The maximum absolute atomic E-state index is 12.5. The number of carbonyl (C=O) groups excluding carboxylic acids is 1. The van der Waals surface area contributed by atoms with Gasteiger partial charge in [0.05, 0.1) is 17.1 Å². The lowest BCUT2D eigenvalue weighted by Crippen LogP contribution is -2.36. The van der Waals surface area contributed by atoms with E-state index in [9.17, 15) is 4.79 Å². The minimum Gasteiger partial charge on any atom is -0.353 e.